The Bertz CT molecular complexity index is 1150. The van der Waals surface area contributed by atoms with E-state index in [0.717, 1.165) is 11.1 Å². The molecule has 3 aromatic rings. The molecule has 150 valence electrons. The van der Waals surface area contributed by atoms with Crippen LogP contribution in [0, 0.1) is 11.6 Å². The SMILES string of the molecule is O=C1/C(=C/c2ccc(F)cc2)Oc2c1ccc1c2CN(Cc2ccc(F)cc2)CO1. The molecule has 2 aliphatic rings. The van der Waals surface area contributed by atoms with Crippen LogP contribution in [0.15, 0.2) is 66.4 Å². The predicted molar refractivity (Wildman–Crippen MR) is 107 cm³/mol. The second-order valence-corrected chi connectivity index (χ2v) is 7.30. The number of halogens is 2. The van der Waals surface area contributed by atoms with Crippen molar-refractivity contribution in [2.45, 2.75) is 13.1 Å². The van der Waals surface area contributed by atoms with Gasteiger partial charge in [0.05, 0.1) is 11.1 Å². The quantitative estimate of drug-likeness (QED) is 0.579. The molecule has 2 heterocycles. The van der Waals surface area contributed by atoms with E-state index >= 15 is 0 Å². The Morgan fingerprint density at radius 3 is 2.37 bits per heavy atom. The molecule has 2 aliphatic heterocycles. The van der Waals surface area contributed by atoms with Gasteiger partial charge in [0.25, 0.3) is 0 Å². The Hall–Kier alpha value is -3.51. The molecule has 4 nitrogen and oxygen atoms in total. The topological polar surface area (TPSA) is 38.8 Å². The number of nitrogens with zero attached hydrogens (tertiary/aromatic N) is 1. The first kappa shape index (κ1) is 18.5. The van der Waals surface area contributed by atoms with Crippen LogP contribution in [0.5, 0.6) is 11.5 Å². The summed E-state index contributed by atoms with van der Waals surface area (Å²) in [6.07, 6.45) is 1.61. The van der Waals surface area contributed by atoms with Crippen molar-refractivity contribution < 1.29 is 23.0 Å². The molecule has 0 aromatic heterocycles. The van der Waals surface area contributed by atoms with E-state index in [1.165, 1.54) is 24.3 Å². The summed E-state index contributed by atoms with van der Waals surface area (Å²) in [5.41, 5.74) is 2.92. The van der Waals surface area contributed by atoms with E-state index in [1.807, 2.05) is 4.90 Å². The Morgan fingerprint density at radius 2 is 1.63 bits per heavy atom. The lowest BCUT2D eigenvalue weighted by Crippen LogP contribution is -2.31. The third-order valence-corrected chi connectivity index (χ3v) is 5.17. The van der Waals surface area contributed by atoms with Crippen LogP contribution in [-0.2, 0) is 13.1 Å². The number of rotatable bonds is 3. The van der Waals surface area contributed by atoms with Gasteiger partial charge in [-0.05, 0) is 53.6 Å². The van der Waals surface area contributed by atoms with Crippen LogP contribution in [-0.4, -0.2) is 17.4 Å². The van der Waals surface area contributed by atoms with Gasteiger partial charge in [-0.25, -0.2) is 8.78 Å². The van der Waals surface area contributed by atoms with E-state index < -0.39 is 0 Å². The summed E-state index contributed by atoms with van der Waals surface area (Å²) in [6.45, 7) is 1.50. The average Bonchev–Trinajstić information content (AvgIpc) is 3.07. The van der Waals surface area contributed by atoms with Crippen molar-refractivity contribution in [1.29, 1.82) is 0 Å². The van der Waals surface area contributed by atoms with Gasteiger partial charge in [-0.1, -0.05) is 24.3 Å². The minimum Gasteiger partial charge on any atom is -0.478 e. The van der Waals surface area contributed by atoms with Crippen LogP contribution in [0.4, 0.5) is 8.78 Å². The summed E-state index contributed by atoms with van der Waals surface area (Å²) >= 11 is 0. The highest BCUT2D eigenvalue weighted by Gasteiger charge is 2.33. The monoisotopic (exact) mass is 405 g/mol. The lowest BCUT2D eigenvalue weighted by Gasteiger charge is -2.29. The van der Waals surface area contributed by atoms with E-state index in [1.54, 1.807) is 42.5 Å². The van der Waals surface area contributed by atoms with Gasteiger partial charge in [0, 0.05) is 13.1 Å². The summed E-state index contributed by atoms with van der Waals surface area (Å²) in [5, 5.41) is 0. The number of allylic oxidation sites excluding steroid dienone is 1. The lowest BCUT2D eigenvalue weighted by atomic mass is 10.0. The standard InChI is InChI=1S/C24H17F2NO3/c25-17-5-1-15(2-6-17)11-22-23(28)19-9-10-21-20(24(19)30-22)13-27(14-29-21)12-16-3-7-18(26)8-4-16/h1-11H,12-14H2/b22-11-. The molecule has 6 heteroatoms. The number of benzene rings is 3. The summed E-state index contributed by atoms with van der Waals surface area (Å²) in [5.74, 6) is 0.541. The highest BCUT2D eigenvalue weighted by molar-refractivity contribution is 6.15. The first-order chi connectivity index (χ1) is 14.6. The van der Waals surface area contributed by atoms with Crippen LogP contribution in [0.3, 0.4) is 0 Å². The fourth-order valence-electron chi connectivity index (χ4n) is 3.66. The number of ether oxygens (including phenoxy) is 2. The van der Waals surface area contributed by atoms with Crippen LogP contribution >= 0.6 is 0 Å². The molecule has 30 heavy (non-hydrogen) atoms. The van der Waals surface area contributed by atoms with Gasteiger partial charge in [-0.3, -0.25) is 9.69 Å². The van der Waals surface area contributed by atoms with Crippen molar-refractivity contribution in [2.24, 2.45) is 0 Å². The number of Topliss-reactive ketones (excluding diaryl/α,β-unsaturated/α-hetero) is 1. The molecule has 0 bridgehead atoms. The van der Waals surface area contributed by atoms with Crippen LogP contribution in [0.1, 0.15) is 27.0 Å². The van der Waals surface area contributed by atoms with E-state index in [9.17, 15) is 13.6 Å². The van der Waals surface area contributed by atoms with Gasteiger partial charge in [0.2, 0.25) is 5.78 Å². The number of hydrogen-bond donors (Lipinski definition) is 0. The molecule has 0 amide bonds. The van der Waals surface area contributed by atoms with Crippen molar-refractivity contribution >= 4 is 11.9 Å². The lowest BCUT2D eigenvalue weighted by molar-refractivity contribution is 0.0872. The van der Waals surface area contributed by atoms with Crippen molar-refractivity contribution in [3.8, 4) is 11.5 Å². The highest BCUT2D eigenvalue weighted by atomic mass is 19.1. The fourth-order valence-corrected chi connectivity index (χ4v) is 3.66. The largest absolute Gasteiger partial charge is 0.478 e. The first-order valence-corrected chi connectivity index (χ1v) is 9.52. The molecule has 0 atom stereocenters. The van der Waals surface area contributed by atoms with Crippen LogP contribution < -0.4 is 9.47 Å². The van der Waals surface area contributed by atoms with Crippen LogP contribution in [0.2, 0.25) is 0 Å². The van der Waals surface area contributed by atoms with E-state index in [0.29, 0.717) is 42.4 Å². The zero-order chi connectivity index (χ0) is 20.7. The maximum absolute atomic E-state index is 13.2. The molecule has 0 aliphatic carbocycles. The highest BCUT2D eigenvalue weighted by Crippen LogP contribution is 2.42. The third kappa shape index (κ3) is 3.46. The summed E-state index contributed by atoms with van der Waals surface area (Å²) in [7, 11) is 0. The minimum absolute atomic E-state index is 0.195. The molecular formula is C24H17F2NO3. The number of carbonyl (C=O) groups is 1. The van der Waals surface area contributed by atoms with Gasteiger partial charge in [0.1, 0.15) is 29.9 Å². The van der Waals surface area contributed by atoms with E-state index in [2.05, 4.69) is 0 Å². The Morgan fingerprint density at radius 1 is 0.933 bits per heavy atom. The molecule has 0 spiro atoms. The van der Waals surface area contributed by atoms with E-state index in [-0.39, 0.29) is 23.2 Å². The molecule has 0 N–H and O–H groups in total. The summed E-state index contributed by atoms with van der Waals surface area (Å²) < 4.78 is 38.1. The van der Waals surface area contributed by atoms with Crippen LogP contribution in [0.25, 0.3) is 6.08 Å². The Labute approximate surface area is 172 Å². The molecule has 0 unspecified atom stereocenters. The van der Waals surface area contributed by atoms with Crippen molar-refractivity contribution in [3.05, 3.63) is 100 Å². The molecule has 0 saturated heterocycles. The molecule has 0 fully saturated rings. The Kier molecular flexibility index (Phi) is 4.56. The summed E-state index contributed by atoms with van der Waals surface area (Å²) in [6, 6.07) is 15.7. The maximum Gasteiger partial charge on any atom is 0.231 e. The Balaban J connectivity index is 1.41. The predicted octanol–water partition coefficient (Wildman–Crippen LogP) is 4.93. The minimum atomic E-state index is -0.341. The number of ketones is 1. The summed E-state index contributed by atoms with van der Waals surface area (Å²) in [4.78, 5) is 14.8. The second kappa shape index (κ2) is 7.39. The molecule has 0 saturated carbocycles. The molecule has 5 rings (SSSR count). The van der Waals surface area contributed by atoms with Crippen molar-refractivity contribution in [3.63, 3.8) is 0 Å². The maximum atomic E-state index is 13.2. The van der Waals surface area contributed by atoms with Gasteiger partial charge < -0.3 is 9.47 Å². The normalized spacial score (nSPS) is 16.7. The molecule has 0 radical (unpaired) electrons. The third-order valence-electron chi connectivity index (χ3n) is 5.17. The van der Waals surface area contributed by atoms with Gasteiger partial charge in [-0.15, -0.1) is 0 Å². The average molecular weight is 405 g/mol. The van der Waals surface area contributed by atoms with Gasteiger partial charge >= 0.3 is 0 Å². The fraction of sp³-hybridized carbons (Fsp3) is 0.125. The molecule has 3 aromatic carbocycles. The first-order valence-electron chi connectivity index (χ1n) is 9.52. The van der Waals surface area contributed by atoms with E-state index in [4.69, 9.17) is 9.47 Å². The zero-order valence-electron chi connectivity index (χ0n) is 15.9. The second-order valence-electron chi connectivity index (χ2n) is 7.30. The van der Waals surface area contributed by atoms with Crippen molar-refractivity contribution in [2.75, 3.05) is 6.73 Å². The van der Waals surface area contributed by atoms with Gasteiger partial charge in [0.15, 0.2) is 5.76 Å². The van der Waals surface area contributed by atoms with Crippen molar-refractivity contribution in [1.82, 2.24) is 4.90 Å². The number of carbonyl (C=O) groups excluding carboxylic acids is 1. The molecular weight excluding hydrogens is 388 g/mol. The smallest absolute Gasteiger partial charge is 0.231 e. The number of fused-ring (bicyclic) bond motifs is 3. The zero-order valence-corrected chi connectivity index (χ0v) is 15.9. The number of hydrogen-bond acceptors (Lipinski definition) is 4. The van der Waals surface area contributed by atoms with Gasteiger partial charge in [-0.2, -0.15) is 0 Å².